The molecule has 2 aromatic carbocycles. The number of fused-ring (bicyclic) bond motifs is 3. The summed E-state index contributed by atoms with van der Waals surface area (Å²) >= 11 is 0. The predicted molar refractivity (Wildman–Crippen MR) is 126 cm³/mol. The monoisotopic (exact) mass is 482 g/mol. The zero-order valence-corrected chi connectivity index (χ0v) is 19.3. The van der Waals surface area contributed by atoms with E-state index in [1.54, 1.807) is 11.7 Å². The van der Waals surface area contributed by atoms with Gasteiger partial charge in [-0.2, -0.15) is 18.3 Å². The third-order valence-electron chi connectivity index (χ3n) is 7.51. The van der Waals surface area contributed by atoms with Crippen molar-refractivity contribution in [2.45, 2.75) is 37.4 Å². The number of likely N-dealkylation sites (tertiary alicyclic amines) is 1. The predicted octanol–water partition coefficient (Wildman–Crippen LogP) is 5.32. The Morgan fingerprint density at radius 1 is 1.03 bits per heavy atom. The number of aryl methyl sites for hydroxylation is 1. The number of aromatic nitrogens is 3. The highest BCUT2D eigenvalue weighted by atomic mass is 19.4. The van der Waals surface area contributed by atoms with E-state index >= 15 is 0 Å². The van der Waals surface area contributed by atoms with Crippen molar-refractivity contribution in [1.82, 2.24) is 19.2 Å². The fourth-order valence-electron chi connectivity index (χ4n) is 5.61. The van der Waals surface area contributed by atoms with E-state index in [0.717, 1.165) is 67.3 Å². The number of benzene rings is 2. The molecule has 1 spiro atoms. The largest absolute Gasteiger partial charge is 0.416 e. The summed E-state index contributed by atoms with van der Waals surface area (Å²) in [6.45, 7) is 2.16. The maximum absolute atomic E-state index is 13.6. The molecule has 1 amide bonds. The van der Waals surface area contributed by atoms with Gasteiger partial charge in [-0.3, -0.25) is 14.0 Å². The van der Waals surface area contributed by atoms with Gasteiger partial charge < -0.3 is 9.64 Å². The van der Waals surface area contributed by atoms with Gasteiger partial charge in [0.1, 0.15) is 0 Å². The highest BCUT2D eigenvalue weighted by molar-refractivity contribution is 6.10. The second-order valence-electron chi connectivity index (χ2n) is 9.55. The molecule has 6 nitrogen and oxygen atoms in total. The van der Waals surface area contributed by atoms with Gasteiger partial charge >= 0.3 is 6.18 Å². The van der Waals surface area contributed by atoms with Crippen molar-refractivity contribution in [1.29, 1.82) is 0 Å². The molecular weight excluding hydrogens is 457 g/mol. The third kappa shape index (κ3) is 3.52. The lowest BCUT2D eigenvalue weighted by molar-refractivity contribution is -0.137. The van der Waals surface area contributed by atoms with Crippen LogP contribution in [-0.4, -0.2) is 50.5 Å². The Balaban J connectivity index is 1.42. The lowest BCUT2D eigenvalue weighted by Gasteiger charge is -2.52. The van der Waals surface area contributed by atoms with Crippen LogP contribution >= 0.6 is 0 Å². The summed E-state index contributed by atoms with van der Waals surface area (Å²) < 4.78 is 48.4. The molecule has 2 fully saturated rings. The molecule has 0 saturated carbocycles. The van der Waals surface area contributed by atoms with Crippen LogP contribution in [0, 0.1) is 0 Å². The minimum absolute atomic E-state index is 0.0133. The Morgan fingerprint density at radius 2 is 1.83 bits per heavy atom. The van der Waals surface area contributed by atoms with E-state index < -0.39 is 11.7 Å². The standard InChI is InChI=1S/C26H25F3N4O2/c1-31-16-21-20-15-17(24(34)32-12-10-25(32)9-2-13-35-14-11-25)3-8-22(20)33(23(21)30-31)19-6-4-18(5-7-19)26(27,28)29/h3-8,15-16H,2,9-14H2,1H3. The Labute approximate surface area is 199 Å². The molecule has 35 heavy (non-hydrogen) atoms. The molecule has 2 aliphatic rings. The number of hydrogen-bond donors (Lipinski definition) is 0. The van der Waals surface area contributed by atoms with Crippen LogP contribution in [0.4, 0.5) is 13.2 Å². The molecular formula is C26H25F3N4O2. The van der Waals surface area contributed by atoms with Gasteiger partial charge in [0.2, 0.25) is 0 Å². The van der Waals surface area contributed by atoms with Crippen molar-refractivity contribution >= 4 is 27.8 Å². The first-order valence-corrected chi connectivity index (χ1v) is 11.8. The zero-order valence-electron chi connectivity index (χ0n) is 19.3. The zero-order chi connectivity index (χ0) is 24.4. The van der Waals surface area contributed by atoms with Gasteiger partial charge in [0.05, 0.1) is 11.1 Å². The van der Waals surface area contributed by atoms with E-state index in [4.69, 9.17) is 4.74 Å². The van der Waals surface area contributed by atoms with Gasteiger partial charge in [-0.05, 0) is 68.1 Å². The maximum Gasteiger partial charge on any atom is 0.416 e. The maximum atomic E-state index is 13.6. The molecule has 0 N–H and O–H groups in total. The van der Waals surface area contributed by atoms with E-state index in [1.807, 2.05) is 33.9 Å². The summed E-state index contributed by atoms with van der Waals surface area (Å²) in [5.74, 6) is 0.0133. The molecule has 4 heterocycles. The van der Waals surface area contributed by atoms with Crippen molar-refractivity contribution in [2.24, 2.45) is 7.05 Å². The summed E-state index contributed by atoms with van der Waals surface area (Å²) in [7, 11) is 1.80. The topological polar surface area (TPSA) is 52.3 Å². The minimum Gasteiger partial charge on any atom is -0.381 e. The summed E-state index contributed by atoms with van der Waals surface area (Å²) in [5.41, 5.74) is 1.80. The number of amides is 1. The van der Waals surface area contributed by atoms with Crippen LogP contribution < -0.4 is 0 Å². The number of alkyl halides is 3. The molecule has 0 radical (unpaired) electrons. The van der Waals surface area contributed by atoms with Crippen molar-refractivity contribution in [3.05, 3.63) is 59.8 Å². The summed E-state index contributed by atoms with van der Waals surface area (Å²) in [4.78, 5) is 15.6. The molecule has 2 aromatic heterocycles. The Bertz CT molecular complexity index is 1430. The molecule has 2 saturated heterocycles. The lowest BCUT2D eigenvalue weighted by Crippen LogP contribution is -2.62. The molecule has 4 aromatic rings. The van der Waals surface area contributed by atoms with Crippen molar-refractivity contribution in [3.63, 3.8) is 0 Å². The van der Waals surface area contributed by atoms with Crippen molar-refractivity contribution < 1.29 is 22.7 Å². The first-order valence-electron chi connectivity index (χ1n) is 11.8. The van der Waals surface area contributed by atoms with Gasteiger partial charge in [-0.25, -0.2) is 0 Å². The van der Waals surface area contributed by atoms with Gasteiger partial charge in [-0.1, -0.05) is 0 Å². The number of nitrogens with zero attached hydrogens (tertiary/aromatic N) is 4. The minimum atomic E-state index is -4.40. The normalized spacial score (nSPS) is 21.0. The Kier molecular flexibility index (Phi) is 4.96. The van der Waals surface area contributed by atoms with Gasteiger partial charge in [0.25, 0.3) is 5.91 Å². The number of hydrogen-bond acceptors (Lipinski definition) is 3. The average Bonchev–Trinajstić information content (AvgIpc) is 3.19. The first-order chi connectivity index (χ1) is 16.8. The van der Waals surface area contributed by atoms with Crippen LogP contribution in [-0.2, 0) is 18.0 Å². The van der Waals surface area contributed by atoms with Gasteiger partial charge in [0.15, 0.2) is 5.65 Å². The molecule has 9 heteroatoms. The number of carbonyl (C=O) groups excluding carboxylic acids is 1. The highest BCUT2D eigenvalue weighted by Gasteiger charge is 2.47. The van der Waals surface area contributed by atoms with Gasteiger partial charge in [0, 0.05) is 60.6 Å². The third-order valence-corrected chi connectivity index (χ3v) is 7.51. The quantitative estimate of drug-likeness (QED) is 0.389. The van der Waals surface area contributed by atoms with Crippen molar-refractivity contribution in [3.8, 4) is 5.69 Å². The Morgan fingerprint density at radius 3 is 2.54 bits per heavy atom. The van der Waals surface area contributed by atoms with Crippen LogP contribution in [0.5, 0.6) is 0 Å². The molecule has 1 unspecified atom stereocenters. The average molecular weight is 483 g/mol. The second kappa shape index (κ2) is 7.84. The van der Waals surface area contributed by atoms with Crippen LogP contribution in [0.3, 0.4) is 0 Å². The van der Waals surface area contributed by atoms with Crippen molar-refractivity contribution in [2.75, 3.05) is 19.8 Å². The summed E-state index contributed by atoms with van der Waals surface area (Å²) in [5, 5.41) is 6.25. The SMILES string of the molecule is Cn1cc2c3cc(C(=O)N4CCC45CCCOCC5)ccc3n(-c3ccc(C(F)(F)F)cc3)c2n1. The number of carbonyl (C=O) groups is 1. The van der Waals surface area contributed by atoms with Crippen LogP contribution in [0.15, 0.2) is 48.7 Å². The Hall–Kier alpha value is -3.33. The van der Waals surface area contributed by atoms with Gasteiger partial charge in [-0.15, -0.1) is 0 Å². The molecule has 1 atom stereocenters. The molecule has 6 rings (SSSR count). The fourth-order valence-corrected chi connectivity index (χ4v) is 5.61. The summed E-state index contributed by atoms with van der Waals surface area (Å²) in [6, 6.07) is 10.6. The number of ether oxygens (including phenoxy) is 1. The van der Waals surface area contributed by atoms with Crippen LogP contribution in [0.25, 0.3) is 27.6 Å². The van der Waals surface area contributed by atoms with Crippen LogP contribution in [0.1, 0.15) is 41.6 Å². The van der Waals surface area contributed by atoms with E-state index in [0.29, 0.717) is 23.5 Å². The van der Waals surface area contributed by atoms with Crippen LogP contribution in [0.2, 0.25) is 0 Å². The van der Waals surface area contributed by atoms with E-state index in [-0.39, 0.29) is 11.4 Å². The smallest absolute Gasteiger partial charge is 0.381 e. The lowest BCUT2D eigenvalue weighted by atomic mass is 9.78. The molecule has 0 bridgehead atoms. The second-order valence-corrected chi connectivity index (χ2v) is 9.55. The summed E-state index contributed by atoms with van der Waals surface area (Å²) in [6.07, 6.45) is 1.25. The van der Waals surface area contributed by atoms with E-state index in [2.05, 4.69) is 5.10 Å². The van der Waals surface area contributed by atoms with E-state index in [9.17, 15) is 18.0 Å². The molecule has 0 aliphatic carbocycles. The molecule has 182 valence electrons. The number of halogens is 3. The first kappa shape index (κ1) is 22.2. The highest BCUT2D eigenvalue weighted by Crippen LogP contribution is 2.41. The fraction of sp³-hybridized carbons (Fsp3) is 0.385. The number of rotatable bonds is 2. The molecule has 2 aliphatic heterocycles. The van der Waals surface area contributed by atoms with E-state index in [1.165, 1.54) is 12.1 Å².